The Morgan fingerprint density at radius 3 is 2.73 bits per heavy atom. The van der Waals surface area contributed by atoms with E-state index in [1.54, 1.807) is 35.8 Å². The van der Waals surface area contributed by atoms with E-state index in [2.05, 4.69) is 10.1 Å². The molecule has 3 atom stereocenters. The number of carboxylic acid groups (broad SMARTS) is 1. The van der Waals surface area contributed by atoms with Crippen LogP contribution >= 0.6 is 11.6 Å². The van der Waals surface area contributed by atoms with Gasteiger partial charge in [0.1, 0.15) is 11.9 Å². The van der Waals surface area contributed by atoms with Crippen LogP contribution in [0.2, 0.25) is 5.02 Å². The standard InChI is InChI=1S/C26H31ClN4O6/c1-15-28-20(29-37-15)14-36-19-9-8-18(27)16-10-13-31(23(22(16)19)30-12-5-7-21(30)32)24(33)17-6-3-4-11-26(17,2)25(34)35/h8-9,17,23H,3-7,10-14H2,1-2H3,(H,34,35)/t17-,23?,26-/m0/s1. The van der Waals surface area contributed by atoms with Crippen LogP contribution < -0.4 is 4.74 Å². The van der Waals surface area contributed by atoms with Crippen LogP contribution in [0.4, 0.5) is 0 Å². The molecule has 1 aromatic heterocycles. The zero-order chi connectivity index (χ0) is 26.3. The van der Waals surface area contributed by atoms with Crippen molar-refractivity contribution in [3.8, 4) is 5.75 Å². The van der Waals surface area contributed by atoms with Gasteiger partial charge in [-0.2, -0.15) is 4.98 Å². The summed E-state index contributed by atoms with van der Waals surface area (Å²) >= 11 is 6.63. The lowest BCUT2D eigenvalue weighted by Gasteiger charge is -2.46. The second-order valence-electron chi connectivity index (χ2n) is 10.3. The molecule has 1 aromatic carbocycles. The molecule has 1 N–H and O–H groups in total. The zero-order valence-electron chi connectivity index (χ0n) is 21.0. The van der Waals surface area contributed by atoms with Gasteiger partial charge in [-0.05, 0) is 50.3 Å². The first-order valence-electron chi connectivity index (χ1n) is 12.8. The molecule has 1 saturated heterocycles. The van der Waals surface area contributed by atoms with Crippen molar-refractivity contribution in [1.82, 2.24) is 19.9 Å². The highest BCUT2D eigenvalue weighted by Gasteiger charge is 2.51. The number of amides is 2. The van der Waals surface area contributed by atoms with E-state index in [1.165, 1.54) is 0 Å². The molecule has 3 aliphatic rings. The fraction of sp³-hybridized carbons (Fsp3) is 0.577. The summed E-state index contributed by atoms with van der Waals surface area (Å²) in [6, 6.07) is 3.48. The van der Waals surface area contributed by atoms with Gasteiger partial charge >= 0.3 is 5.97 Å². The quantitative estimate of drug-likeness (QED) is 0.596. The number of nitrogens with zero attached hydrogens (tertiary/aromatic N) is 4. The predicted molar refractivity (Wildman–Crippen MR) is 132 cm³/mol. The molecular formula is C26H31ClN4O6. The number of benzene rings is 1. The summed E-state index contributed by atoms with van der Waals surface area (Å²) in [5, 5.41) is 14.5. The molecule has 2 amide bonds. The number of fused-ring (bicyclic) bond motifs is 1. The minimum Gasteiger partial charge on any atom is -0.485 e. The summed E-state index contributed by atoms with van der Waals surface area (Å²) in [5.41, 5.74) is 0.330. The molecule has 11 heteroatoms. The van der Waals surface area contributed by atoms with Gasteiger partial charge in [0, 0.05) is 37.0 Å². The summed E-state index contributed by atoms with van der Waals surface area (Å²) in [7, 11) is 0. The maximum atomic E-state index is 14.2. The maximum Gasteiger partial charge on any atom is 0.310 e. The van der Waals surface area contributed by atoms with Crippen LogP contribution in [-0.2, 0) is 27.4 Å². The van der Waals surface area contributed by atoms with Crippen LogP contribution in [0.15, 0.2) is 16.7 Å². The van der Waals surface area contributed by atoms with Gasteiger partial charge in [-0.15, -0.1) is 0 Å². The van der Waals surface area contributed by atoms with Gasteiger partial charge in [0.05, 0.1) is 11.3 Å². The van der Waals surface area contributed by atoms with E-state index >= 15 is 0 Å². The topological polar surface area (TPSA) is 126 Å². The molecular weight excluding hydrogens is 500 g/mol. The van der Waals surface area contributed by atoms with E-state index in [0.717, 1.165) is 18.4 Å². The summed E-state index contributed by atoms with van der Waals surface area (Å²) in [6.45, 7) is 4.22. The normalized spacial score (nSPS) is 25.8. The lowest BCUT2D eigenvalue weighted by Crippen LogP contribution is -2.54. The lowest BCUT2D eigenvalue weighted by molar-refractivity contribution is -0.165. The fourth-order valence-corrected chi connectivity index (χ4v) is 6.26. The van der Waals surface area contributed by atoms with E-state index in [-0.39, 0.29) is 18.4 Å². The van der Waals surface area contributed by atoms with E-state index in [0.29, 0.717) is 73.2 Å². The fourth-order valence-electron chi connectivity index (χ4n) is 6.00. The Morgan fingerprint density at radius 1 is 1.24 bits per heavy atom. The van der Waals surface area contributed by atoms with Gasteiger partial charge in [-0.25, -0.2) is 0 Å². The van der Waals surface area contributed by atoms with Crippen LogP contribution in [0.3, 0.4) is 0 Å². The number of likely N-dealkylation sites (tertiary alicyclic amines) is 1. The van der Waals surface area contributed by atoms with Crippen LogP contribution in [0.5, 0.6) is 5.75 Å². The van der Waals surface area contributed by atoms with Crippen molar-refractivity contribution in [2.24, 2.45) is 11.3 Å². The molecule has 198 valence electrons. The van der Waals surface area contributed by atoms with E-state index in [4.69, 9.17) is 20.9 Å². The number of hydrogen-bond donors (Lipinski definition) is 1. The number of rotatable bonds is 6. The third kappa shape index (κ3) is 4.56. The van der Waals surface area contributed by atoms with Crippen molar-refractivity contribution in [3.63, 3.8) is 0 Å². The average Bonchev–Trinajstić information content (AvgIpc) is 3.50. The Bertz CT molecular complexity index is 1230. The van der Waals surface area contributed by atoms with Crippen molar-refractivity contribution in [2.75, 3.05) is 13.1 Å². The monoisotopic (exact) mass is 530 g/mol. The van der Waals surface area contributed by atoms with Crippen molar-refractivity contribution in [1.29, 1.82) is 0 Å². The van der Waals surface area contributed by atoms with Gasteiger partial charge in [-0.3, -0.25) is 14.4 Å². The number of aromatic nitrogens is 2. The molecule has 10 nitrogen and oxygen atoms in total. The molecule has 0 radical (unpaired) electrons. The van der Waals surface area contributed by atoms with Crippen LogP contribution in [0.1, 0.15) is 74.5 Å². The number of ether oxygens (including phenoxy) is 1. The Morgan fingerprint density at radius 2 is 2.05 bits per heavy atom. The smallest absolute Gasteiger partial charge is 0.310 e. The van der Waals surface area contributed by atoms with Crippen molar-refractivity contribution in [2.45, 2.75) is 71.6 Å². The van der Waals surface area contributed by atoms with Crippen molar-refractivity contribution < 1.29 is 28.8 Å². The molecule has 1 unspecified atom stereocenters. The highest BCUT2D eigenvalue weighted by Crippen LogP contribution is 2.47. The zero-order valence-corrected chi connectivity index (χ0v) is 21.8. The molecule has 0 spiro atoms. The average molecular weight is 531 g/mol. The second kappa shape index (κ2) is 9.96. The maximum absolute atomic E-state index is 14.2. The summed E-state index contributed by atoms with van der Waals surface area (Å²) in [6.07, 6.45) is 3.32. The van der Waals surface area contributed by atoms with E-state index in [9.17, 15) is 19.5 Å². The van der Waals surface area contributed by atoms with Gasteiger partial charge in [0.15, 0.2) is 6.61 Å². The molecule has 2 fully saturated rings. The minimum absolute atomic E-state index is 0.0414. The number of aryl methyl sites for hydroxylation is 1. The molecule has 2 aliphatic heterocycles. The van der Waals surface area contributed by atoms with Gasteiger partial charge in [0.25, 0.3) is 0 Å². The molecule has 2 aromatic rings. The van der Waals surface area contributed by atoms with Crippen LogP contribution in [0, 0.1) is 18.3 Å². The number of halogens is 1. The summed E-state index contributed by atoms with van der Waals surface area (Å²) < 4.78 is 11.2. The largest absolute Gasteiger partial charge is 0.485 e. The van der Waals surface area contributed by atoms with Crippen molar-refractivity contribution in [3.05, 3.63) is 40.0 Å². The van der Waals surface area contributed by atoms with E-state index < -0.39 is 23.5 Å². The molecule has 5 rings (SSSR count). The van der Waals surface area contributed by atoms with Crippen LogP contribution in [0.25, 0.3) is 0 Å². The third-order valence-corrected chi connectivity index (χ3v) is 8.38. The van der Waals surface area contributed by atoms with Crippen molar-refractivity contribution >= 4 is 29.4 Å². The first-order chi connectivity index (χ1) is 17.7. The second-order valence-corrected chi connectivity index (χ2v) is 10.7. The van der Waals surface area contributed by atoms with Gasteiger partial charge in [0.2, 0.25) is 23.5 Å². The first-order valence-corrected chi connectivity index (χ1v) is 13.1. The number of carboxylic acids is 1. The Labute approximate surface area is 219 Å². The SMILES string of the molecule is Cc1nc(COc2ccc(Cl)c3c2C(N2CCCC2=O)N(C(=O)[C@@H]2CCCC[C@]2(C)C(=O)O)CC3)no1. The summed E-state index contributed by atoms with van der Waals surface area (Å²) in [4.78, 5) is 47.1. The number of carbonyl (C=O) groups excluding carboxylic acids is 2. The lowest BCUT2D eigenvalue weighted by atomic mass is 9.66. The molecule has 1 aliphatic carbocycles. The highest BCUT2D eigenvalue weighted by atomic mass is 35.5. The van der Waals surface area contributed by atoms with E-state index in [1.807, 2.05) is 0 Å². The predicted octanol–water partition coefficient (Wildman–Crippen LogP) is 3.90. The Balaban J connectivity index is 1.56. The number of hydrogen-bond acceptors (Lipinski definition) is 7. The third-order valence-electron chi connectivity index (χ3n) is 8.03. The highest BCUT2D eigenvalue weighted by molar-refractivity contribution is 6.31. The number of carbonyl (C=O) groups is 3. The Hall–Kier alpha value is -3.14. The van der Waals surface area contributed by atoms with Gasteiger partial charge < -0.3 is 24.2 Å². The molecule has 0 bridgehead atoms. The van der Waals surface area contributed by atoms with Crippen LogP contribution in [-0.4, -0.2) is 55.9 Å². The first kappa shape index (κ1) is 25.5. The van der Waals surface area contributed by atoms with Gasteiger partial charge in [-0.1, -0.05) is 29.6 Å². The minimum atomic E-state index is -1.15. The Kier molecular flexibility index (Phi) is 6.87. The molecule has 1 saturated carbocycles. The summed E-state index contributed by atoms with van der Waals surface area (Å²) in [5.74, 6) is -0.653. The molecule has 37 heavy (non-hydrogen) atoms. The number of aliphatic carboxylic acids is 1. The molecule has 3 heterocycles.